The molecule has 3 aromatic rings. The van der Waals surface area contributed by atoms with Crippen LogP contribution in [0.1, 0.15) is 28.8 Å². The van der Waals surface area contributed by atoms with Gasteiger partial charge in [0.1, 0.15) is 11.5 Å². The summed E-state index contributed by atoms with van der Waals surface area (Å²) < 4.78 is 10.7. The molecule has 0 bridgehead atoms. The number of benzene rings is 3. The first-order chi connectivity index (χ1) is 16.0. The van der Waals surface area contributed by atoms with Crippen LogP contribution in [0.25, 0.3) is 10.8 Å². The largest absolute Gasteiger partial charge is 0.497 e. The highest BCUT2D eigenvalue weighted by molar-refractivity contribution is 6.08. The quantitative estimate of drug-likeness (QED) is 0.564. The first kappa shape index (κ1) is 22.6. The van der Waals surface area contributed by atoms with E-state index in [2.05, 4.69) is 0 Å². The van der Waals surface area contributed by atoms with Crippen LogP contribution in [0.4, 0.5) is 0 Å². The highest BCUT2D eigenvalue weighted by Crippen LogP contribution is 2.30. The van der Waals surface area contributed by atoms with Gasteiger partial charge >= 0.3 is 0 Å². The van der Waals surface area contributed by atoms with Crippen LogP contribution in [-0.4, -0.2) is 56.0 Å². The lowest BCUT2D eigenvalue weighted by atomic mass is 9.95. The molecule has 0 N–H and O–H groups in total. The highest BCUT2D eigenvalue weighted by Gasteiger charge is 2.31. The van der Waals surface area contributed by atoms with Crippen molar-refractivity contribution in [2.45, 2.75) is 19.4 Å². The van der Waals surface area contributed by atoms with Crippen molar-refractivity contribution in [2.24, 2.45) is 5.92 Å². The van der Waals surface area contributed by atoms with Crippen molar-refractivity contribution in [1.82, 2.24) is 9.80 Å². The molecular formula is C27H30N2O4. The fraction of sp³-hybridized carbons (Fsp3) is 0.333. The van der Waals surface area contributed by atoms with Gasteiger partial charge in [-0.05, 0) is 48.1 Å². The molecule has 0 radical (unpaired) electrons. The van der Waals surface area contributed by atoms with E-state index in [0.29, 0.717) is 25.2 Å². The Hall–Kier alpha value is -3.54. The Bertz CT molecular complexity index is 1160. The van der Waals surface area contributed by atoms with Gasteiger partial charge in [-0.15, -0.1) is 0 Å². The molecule has 6 nitrogen and oxygen atoms in total. The van der Waals surface area contributed by atoms with Gasteiger partial charge in [-0.3, -0.25) is 9.59 Å². The molecule has 33 heavy (non-hydrogen) atoms. The number of piperidine rings is 1. The summed E-state index contributed by atoms with van der Waals surface area (Å²) in [7, 11) is 5.08. The number of ether oxygens (including phenoxy) is 2. The van der Waals surface area contributed by atoms with Gasteiger partial charge in [0.25, 0.3) is 5.91 Å². The predicted molar refractivity (Wildman–Crippen MR) is 129 cm³/mol. The Morgan fingerprint density at radius 1 is 1.00 bits per heavy atom. The maximum atomic E-state index is 13.5. The van der Waals surface area contributed by atoms with Crippen molar-refractivity contribution in [1.29, 1.82) is 0 Å². The lowest BCUT2D eigenvalue weighted by molar-refractivity contribution is -0.136. The third kappa shape index (κ3) is 4.80. The second-order valence-electron chi connectivity index (χ2n) is 8.50. The minimum atomic E-state index is -0.206. The van der Waals surface area contributed by atoms with Gasteiger partial charge in [0.15, 0.2) is 0 Å². The number of fused-ring (bicyclic) bond motifs is 1. The molecule has 0 spiro atoms. The summed E-state index contributed by atoms with van der Waals surface area (Å²) in [5, 5.41) is 1.78. The van der Waals surface area contributed by atoms with E-state index in [1.165, 1.54) is 0 Å². The van der Waals surface area contributed by atoms with Crippen LogP contribution in [0.5, 0.6) is 11.5 Å². The number of carbonyl (C=O) groups excluding carboxylic acids is 2. The highest BCUT2D eigenvalue weighted by atomic mass is 16.5. The Kier molecular flexibility index (Phi) is 6.82. The first-order valence-electron chi connectivity index (χ1n) is 11.2. The van der Waals surface area contributed by atoms with Gasteiger partial charge in [0.2, 0.25) is 5.91 Å². The zero-order valence-corrected chi connectivity index (χ0v) is 19.4. The molecule has 1 aliphatic heterocycles. The minimum Gasteiger partial charge on any atom is -0.497 e. The Morgan fingerprint density at radius 2 is 1.79 bits per heavy atom. The molecule has 0 aromatic heterocycles. The van der Waals surface area contributed by atoms with E-state index in [1.54, 1.807) is 19.1 Å². The van der Waals surface area contributed by atoms with Gasteiger partial charge in [-0.2, -0.15) is 0 Å². The van der Waals surface area contributed by atoms with Crippen LogP contribution in [0.3, 0.4) is 0 Å². The summed E-state index contributed by atoms with van der Waals surface area (Å²) >= 11 is 0. The summed E-state index contributed by atoms with van der Waals surface area (Å²) in [6, 6.07) is 19.2. The molecular weight excluding hydrogens is 416 g/mol. The van der Waals surface area contributed by atoms with Crippen LogP contribution in [0.2, 0.25) is 0 Å². The third-order valence-corrected chi connectivity index (χ3v) is 6.32. The molecule has 1 atom stereocenters. The maximum Gasteiger partial charge on any atom is 0.254 e. The molecule has 2 amide bonds. The topological polar surface area (TPSA) is 59.1 Å². The average molecular weight is 447 g/mol. The van der Waals surface area contributed by atoms with Crippen LogP contribution >= 0.6 is 0 Å². The Labute approximate surface area is 194 Å². The van der Waals surface area contributed by atoms with Crippen molar-refractivity contribution in [2.75, 3.05) is 34.4 Å². The Balaban J connectivity index is 1.48. The molecule has 4 rings (SSSR count). The number of methoxy groups -OCH3 is 2. The Morgan fingerprint density at radius 3 is 2.55 bits per heavy atom. The normalized spacial score (nSPS) is 15.8. The fourth-order valence-corrected chi connectivity index (χ4v) is 4.60. The van der Waals surface area contributed by atoms with E-state index >= 15 is 0 Å². The molecule has 0 aliphatic carbocycles. The smallest absolute Gasteiger partial charge is 0.254 e. The van der Waals surface area contributed by atoms with E-state index in [1.807, 2.05) is 72.6 Å². The summed E-state index contributed by atoms with van der Waals surface area (Å²) in [6.07, 6.45) is 1.59. The number of amides is 2. The average Bonchev–Trinajstić information content (AvgIpc) is 2.87. The molecule has 1 heterocycles. The van der Waals surface area contributed by atoms with Gasteiger partial charge in [-0.25, -0.2) is 0 Å². The zero-order valence-electron chi connectivity index (χ0n) is 19.4. The van der Waals surface area contributed by atoms with Gasteiger partial charge in [-0.1, -0.05) is 36.4 Å². The second-order valence-corrected chi connectivity index (χ2v) is 8.50. The number of nitrogens with zero attached hydrogens (tertiary/aromatic N) is 2. The van der Waals surface area contributed by atoms with Crippen molar-refractivity contribution in [3.63, 3.8) is 0 Å². The number of likely N-dealkylation sites (tertiary alicyclic amines) is 1. The zero-order chi connectivity index (χ0) is 23.4. The molecule has 3 aromatic carbocycles. The minimum absolute atomic E-state index is 0.0400. The van der Waals surface area contributed by atoms with Crippen molar-refractivity contribution in [3.05, 3.63) is 71.8 Å². The number of hydrogen-bond donors (Lipinski definition) is 0. The monoisotopic (exact) mass is 446 g/mol. The molecule has 6 heteroatoms. The second kappa shape index (κ2) is 9.94. The molecule has 1 fully saturated rings. The lowest BCUT2D eigenvalue weighted by Gasteiger charge is -2.34. The summed E-state index contributed by atoms with van der Waals surface area (Å²) in [4.78, 5) is 30.2. The van der Waals surface area contributed by atoms with E-state index < -0.39 is 0 Å². The van der Waals surface area contributed by atoms with Gasteiger partial charge < -0.3 is 19.3 Å². The maximum absolute atomic E-state index is 13.5. The van der Waals surface area contributed by atoms with Crippen LogP contribution in [-0.2, 0) is 11.3 Å². The molecule has 1 saturated heterocycles. The van der Waals surface area contributed by atoms with Crippen molar-refractivity contribution < 1.29 is 19.1 Å². The molecule has 0 saturated carbocycles. The number of hydrogen-bond acceptors (Lipinski definition) is 4. The number of carbonyl (C=O) groups is 2. The van der Waals surface area contributed by atoms with Crippen molar-refractivity contribution >= 4 is 22.6 Å². The lowest BCUT2D eigenvalue weighted by Crippen LogP contribution is -2.45. The van der Waals surface area contributed by atoms with Crippen LogP contribution in [0.15, 0.2) is 60.7 Å². The standard InChI is InChI=1S/C27H30N2O4/c1-28(17-19-8-6-10-21(16-19)32-2)26(30)20-9-7-15-29(18-20)27(31)24-13-14-25(33-3)23-12-5-4-11-22(23)24/h4-6,8,10-14,16,20H,7,9,15,17-18H2,1-3H3/t20-/m1/s1. The summed E-state index contributed by atoms with van der Waals surface area (Å²) in [6.45, 7) is 1.59. The summed E-state index contributed by atoms with van der Waals surface area (Å²) in [5.74, 6) is 1.34. The van der Waals surface area contributed by atoms with E-state index in [0.717, 1.165) is 40.7 Å². The first-order valence-corrected chi connectivity index (χ1v) is 11.2. The van der Waals surface area contributed by atoms with E-state index in [-0.39, 0.29) is 17.7 Å². The number of rotatable bonds is 6. The van der Waals surface area contributed by atoms with Gasteiger partial charge in [0.05, 0.1) is 20.1 Å². The predicted octanol–water partition coefficient (Wildman–Crippen LogP) is 4.37. The van der Waals surface area contributed by atoms with Gasteiger partial charge in [0, 0.05) is 37.6 Å². The van der Waals surface area contributed by atoms with Crippen LogP contribution in [0, 0.1) is 5.92 Å². The molecule has 1 aliphatic rings. The fourth-order valence-electron chi connectivity index (χ4n) is 4.60. The van der Waals surface area contributed by atoms with Crippen LogP contribution < -0.4 is 9.47 Å². The summed E-state index contributed by atoms with van der Waals surface area (Å²) in [5.41, 5.74) is 1.66. The van der Waals surface area contributed by atoms with E-state index in [4.69, 9.17) is 9.47 Å². The SMILES string of the molecule is COc1cccc(CN(C)C(=O)[C@@H]2CCCN(C(=O)c3ccc(OC)c4ccccc34)C2)c1. The van der Waals surface area contributed by atoms with E-state index in [9.17, 15) is 9.59 Å². The van der Waals surface area contributed by atoms with Crippen molar-refractivity contribution in [3.8, 4) is 11.5 Å². The molecule has 0 unspecified atom stereocenters. The third-order valence-electron chi connectivity index (χ3n) is 6.32. The molecule has 172 valence electrons.